The Kier molecular flexibility index (Phi) is 4.16. The molecule has 6 heteroatoms. The molecule has 0 aliphatic heterocycles. The van der Waals surface area contributed by atoms with Gasteiger partial charge in [0.15, 0.2) is 0 Å². The van der Waals surface area contributed by atoms with E-state index in [-0.39, 0.29) is 6.01 Å². The number of nitrogens with one attached hydrogen (secondary N) is 1. The predicted octanol–water partition coefficient (Wildman–Crippen LogP) is 3.38. The van der Waals surface area contributed by atoms with Gasteiger partial charge in [-0.15, -0.1) is 0 Å². The summed E-state index contributed by atoms with van der Waals surface area (Å²) in [4.78, 5) is 13.7. The van der Waals surface area contributed by atoms with Crippen molar-refractivity contribution >= 4 is 10.9 Å². The van der Waals surface area contributed by atoms with Gasteiger partial charge in [-0.2, -0.15) is 4.98 Å². The number of H-pyrrole nitrogens is 1. The molecule has 0 amide bonds. The molecule has 1 N–H and O–H groups in total. The van der Waals surface area contributed by atoms with Crippen LogP contribution in [0.25, 0.3) is 10.9 Å². The minimum absolute atomic E-state index is 0.265. The first kappa shape index (κ1) is 15.3. The number of aromatic amines is 1. The van der Waals surface area contributed by atoms with Crippen LogP contribution in [0.15, 0.2) is 36.7 Å². The van der Waals surface area contributed by atoms with E-state index in [1.54, 1.807) is 19.4 Å². The van der Waals surface area contributed by atoms with Crippen LogP contribution in [0.5, 0.6) is 17.6 Å². The maximum absolute atomic E-state index is 5.76. The van der Waals surface area contributed by atoms with Gasteiger partial charge in [0.1, 0.15) is 5.75 Å². The van der Waals surface area contributed by atoms with Crippen LogP contribution in [-0.4, -0.2) is 41.1 Å². The van der Waals surface area contributed by atoms with Crippen molar-refractivity contribution in [2.75, 3.05) is 21.2 Å². The summed E-state index contributed by atoms with van der Waals surface area (Å²) < 4.78 is 10.8. The summed E-state index contributed by atoms with van der Waals surface area (Å²) in [6.07, 6.45) is 3.65. The molecule has 2 heterocycles. The zero-order chi connectivity index (χ0) is 16.4. The highest BCUT2D eigenvalue weighted by atomic mass is 16.5. The van der Waals surface area contributed by atoms with E-state index in [4.69, 9.17) is 9.47 Å². The van der Waals surface area contributed by atoms with E-state index in [1.807, 2.05) is 24.4 Å². The average Bonchev–Trinajstić information content (AvgIpc) is 2.97. The topological polar surface area (TPSA) is 63.3 Å². The maximum atomic E-state index is 5.76. The molecule has 0 spiro atoms. The molecule has 1 atom stereocenters. The zero-order valence-corrected chi connectivity index (χ0v) is 13.7. The Hall–Kier alpha value is -2.60. The summed E-state index contributed by atoms with van der Waals surface area (Å²) in [5.74, 6) is 1.16. The van der Waals surface area contributed by atoms with Gasteiger partial charge in [0.05, 0.1) is 7.11 Å². The lowest BCUT2D eigenvalue weighted by Gasteiger charge is -2.19. The fraction of sp³-hybridized carbons (Fsp3) is 0.294. The third kappa shape index (κ3) is 3.12. The number of aromatic nitrogens is 3. The molecule has 1 unspecified atom stereocenters. The lowest BCUT2D eigenvalue weighted by atomic mass is 10.1. The predicted molar refractivity (Wildman–Crippen MR) is 89.1 cm³/mol. The number of ether oxygens (including phenoxy) is 2. The standard InChI is InChI=1S/C17H20N4O2/c1-11(21(2)3)14-10-19-15-6-5-12(9-13(14)15)23-17-18-8-7-16(20-17)22-4/h5-11,19H,1-4H3. The second-order valence-corrected chi connectivity index (χ2v) is 5.57. The van der Waals surface area contributed by atoms with E-state index in [2.05, 4.69) is 40.9 Å². The Morgan fingerprint density at radius 1 is 1.22 bits per heavy atom. The van der Waals surface area contributed by atoms with Crippen LogP contribution in [0.1, 0.15) is 18.5 Å². The summed E-state index contributed by atoms with van der Waals surface area (Å²) in [6, 6.07) is 8.14. The molecule has 3 aromatic rings. The minimum atomic E-state index is 0.265. The fourth-order valence-electron chi connectivity index (χ4n) is 2.40. The van der Waals surface area contributed by atoms with Crippen LogP contribution in [0.2, 0.25) is 0 Å². The SMILES string of the molecule is COc1ccnc(Oc2ccc3[nH]cc(C(C)N(C)C)c3c2)n1. The Balaban J connectivity index is 1.94. The normalized spacial score (nSPS) is 12.6. The number of fused-ring (bicyclic) bond motifs is 1. The van der Waals surface area contributed by atoms with Crippen molar-refractivity contribution < 1.29 is 9.47 Å². The van der Waals surface area contributed by atoms with Gasteiger partial charge in [-0.3, -0.25) is 0 Å². The van der Waals surface area contributed by atoms with Gasteiger partial charge < -0.3 is 19.4 Å². The van der Waals surface area contributed by atoms with E-state index in [1.165, 1.54) is 5.56 Å². The van der Waals surface area contributed by atoms with E-state index in [0.717, 1.165) is 10.9 Å². The first-order valence-electron chi connectivity index (χ1n) is 7.41. The molecule has 120 valence electrons. The average molecular weight is 312 g/mol. The van der Waals surface area contributed by atoms with Crippen molar-refractivity contribution in [3.05, 3.63) is 42.2 Å². The Labute approximate surface area is 135 Å². The van der Waals surface area contributed by atoms with Crippen molar-refractivity contribution in [3.8, 4) is 17.6 Å². The van der Waals surface area contributed by atoms with Crippen LogP contribution in [0, 0.1) is 0 Å². The molecular weight excluding hydrogens is 292 g/mol. The van der Waals surface area contributed by atoms with E-state index in [9.17, 15) is 0 Å². The summed E-state index contributed by atoms with van der Waals surface area (Å²) >= 11 is 0. The molecule has 0 aliphatic rings. The largest absolute Gasteiger partial charge is 0.481 e. The second-order valence-electron chi connectivity index (χ2n) is 5.57. The summed E-state index contributed by atoms with van der Waals surface area (Å²) in [6.45, 7) is 2.17. The zero-order valence-electron chi connectivity index (χ0n) is 13.7. The lowest BCUT2D eigenvalue weighted by Crippen LogP contribution is -2.16. The molecule has 0 saturated heterocycles. The second kappa shape index (κ2) is 6.26. The van der Waals surface area contributed by atoms with Gasteiger partial charge in [0.2, 0.25) is 5.88 Å². The van der Waals surface area contributed by atoms with Crippen LogP contribution in [0.3, 0.4) is 0 Å². The Morgan fingerprint density at radius 2 is 2.04 bits per heavy atom. The summed E-state index contributed by atoms with van der Waals surface area (Å²) in [5, 5.41) is 1.13. The Bertz CT molecular complexity index is 813. The van der Waals surface area contributed by atoms with E-state index < -0.39 is 0 Å². The molecule has 23 heavy (non-hydrogen) atoms. The number of hydrogen-bond donors (Lipinski definition) is 1. The van der Waals surface area contributed by atoms with Crippen LogP contribution in [-0.2, 0) is 0 Å². The molecule has 3 rings (SSSR count). The van der Waals surface area contributed by atoms with Gasteiger partial charge in [-0.25, -0.2) is 4.98 Å². The smallest absolute Gasteiger partial charge is 0.325 e. The molecule has 1 aromatic carbocycles. The van der Waals surface area contributed by atoms with E-state index >= 15 is 0 Å². The molecule has 0 aliphatic carbocycles. The first-order valence-corrected chi connectivity index (χ1v) is 7.41. The van der Waals surface area contributed by atoms with Crippen LogP contribution >= 0.6 is 0 Å². The van der Waals surface area contributed by atoms with Crippen molar-refractivity contribution in [3.63, 3.8) is 0 Å². The summed E-state index contributed by atoms with van der Waals surface area (Å²) in [7, 11) is 5.69. The van der Waals surface area contributed by atoms with Gasteiger partial charge in [0, 0.05) is 35.4 Å². The van der Waals surface area contributed by atoms with Crippen LogP contribution in [0.4, 0.5) is 0 Å². The molecule has 0 bridgehead atoms. The van der Waals surface area contributed by atoms with Gasteiger partial charge in [-0.05, 0) is 44.8 Å². The van der Waals surface area contributed by atoms with Gasteiger partial charge in [0.25, 0.3) is 0 Å². The van der Waals surface area contributed by atoms with Gasteiger partial charge >= 0.3 is 6.01 Å². The molecule has 0 radical (unpaired) electrons. The molecule has 0 fully saturated rings. The van der Waals surface area contributed by atoms with E-state index in [0.29, 0.717) is 17.7 Å². The van der Waals surface area contributed by atoms with Crippen molar-refractivity contribution in [2.45, 2.75) is 13.0 Å². The quantitative estimate of drug-likeness (QED) is 0.782. The Morgan fingerprint density at radius 3 is 2.78 bits per heavy atom. The molecular formula is C17H20N4O2. The minimum Gasteiger partial charge on any atom is -0.481 e. The van der Waals surface area contributed by atoms with Crippen LogP contribution < -0.4 is 9.47 Å². The third-order valence-corrected chi connectivity index (χ3v) is 3.94. The number of rotatable bonds is 5. The van der Waals surface area contributed by atoms with Crippen molar-refractivity contribution in [1.82, 2.24) is 19.9 Å². The maximum Gasteiger partial charge on any atom is 0.325 e. The molecule has 2 aromatic heterocycles. The highest BCUT2D eigenvalue weighted by Crippen LogP contribution is 2.30. The number of methoxy groups -OCH3 is 1. The third-order valence-electron chi connectivity index (χ3n) is 3.94. The number of hydrogen-bond acceptors (Lipinski definition) is 5. The van der Waals surface area contributed by atoms with Crippen molar-refractivity contribution in [1.29, 1.82) is 0 Å². The molecule has 6 nitrogen and oxygen atoms in total. The fourth-order valence-corrected chi connectivity index (χ4v) is 2.40. The monoisotopic (exact) mass is 312 g/mol. The lowest BCUT2D eigenvalue weighted by molar-refractivity contribution is 0.323. The number of nitrogens with zero attached hydrogens (tertiary/aromatic N) is 3. The number of benzene rings is 1. The van der Waals surface area contributed by atoms with Gasteiger partial charge in [-0.1, -0.05) is 0 Å². The molecule has 0 saturated carbocycles. The highest BCUT2D eigenvalue weighted by Gasteiger charge is 2.14. The van der Waals surface area contributed by atoms with Crippen molar-refractivity contribution in [2.24, 2.45) is 0 Å². The summed E-state index contributed by atoms with van der Waals surface area (Å²) in [5.41, 5.74) is 2.30. The highest BCUT2D eigenvalue weighted by molar-refractivity contribution is 5.85. The first-order chi connectivity index (χ1) is 11.1.